The third kappa shape index (κ3) is 4.88. The van der Waals surface area contributed by atoms with Gasteiger partial charge in [-0.15, -0.1) is 0 Å². The van der Waals surface area contributed by atoms with Gasteiger partial charge in [-0.2, -0.15) is 0 Å². The normalized spacial score (nSPS) is 35.3. The van der Waals surface area contributed by atoms with Crippen molar-refractivity contribution in [1.29, 1.82) is 0 Å². The Morgan fingerprint density at radius 3 is 2.13 bits per heavy atom. The predicted molar refractivity (Wildman–Crippen MR) is 119 cm³/mol. The van der Waals surface area contributed by atoms with Crippen molar-refractivity contribution in [3.05, 3.63) is 0 Å². The number of nitrogens with zero attached hydrogens (tertiary/aromatic N) is 1. The lowest BCUT2D eigenvalue weighted by Gasteiger charge is -2.75. The summed E-state index contributed by atoms with van der Waals surface area (Å²) in [6, 6.07) is 0.341. The molecule has 0 spiro atoms. The number of carbonyl (C=O) groups excluding carboxylic acids is 1. The lowest BCUT2D eigenvalue weighted by molar-refractivity contribution is -0.282. The first kappa shape index (κ1) is 24.0. The lowest BCUT2D eigenvalue weighted by Crippen LogP contribution is -2.76. The van der Waals surface area contributed by atoms with E-state index in [2.05, 4.69) is 48.5 Å². The number of ether oxygens (including phenoxy) is 3. The Hall–Kier alpha value is -0.650. The molecular weight excluding hydrogens is 378 g/mol. The van der Waals surface area contributed by atoms with Crippen LogP contribution in [0.5, 0.6) is 0 Å². The summed E-state index contributed by atoms with van der Waals surface area (Å²) in [6.45, 7) is 17.2. The number of hydrogen-bond acceptors (Lipinski definition) is 4. The third-order valence-corrected chi connectivity index (χ3v) is 7.57. The van der Waals surface area contributed by atoms with Crippen molar-refractivity contribution in [2.45, 2.75) is 110 Å². The molecule has 0 heterocycles. The Morgan fingerprint density at radius 1 is 1.00 bits per heavy atom. The van der Waals surface area contributed by atoms with Crippen LogP contribution < -0.4 is 0 Å². The molecule has 1 atom stereocenters. The largest absolute Gasteiger partial charge is 0.381 e. The molecule has 0 saturated heterocycles. The summed E-state index contributed by atoms with van der Waals surface area (Å²) >= 11 is 0. The van der Waals surface area contributed by atoms with Gasteiger partial charge in [0.2, 0.25) is 5.91 Å². The van der Waals surface area contributed by atoms with Gasteiger partial charge in [-0.3, -0.25) is 4.79 Å². The number of amides is 1. The molecule has 2 bridgehead atoms. The van der Waals surface area contributed by atoms with Gasteiger partial charge in [0.1, 0.15) is 0 Å². The Morgan fingerprint density at radius 2 is 1.60 bits per heavy atom. The van der Waals surface area contributed by atoms with Gasteiger partial charge in [0.25, 0.3) is 0 Å². The van der Waals surface area contributed by atoms with Crippen molar-refractivity contribution in [2.75, 3.05) is 26.9 Å². The molecule has 0 aromatic rings. The second-order valence-electron chi connectivity index (χ2n) is 12.2. The van der Waals surface area contributed by atoms with Gasteiger partial charge in [0, 0.05) is 26.3 Å². The van der Waals surface area contributed by atoms with E-state index in [1.807, 2.05) is 11.9 Å². The number of rotatable bonds is 10. The van der Waals surface area contributed by atoms with Gasteiger partial charge >= 0.3 is 0 Å². The van der Waals surface area contributed by atoms with E-state index in [0.717, 1.165) is 58.3 Å². The molecule has 4 fully saturated rings. The zero-order valence-corrected chi connectivity index (χ0v) is 20.7. The van der Waals surface area contributed by atoms with Gasteiger partial charge in [-0.25, -0.2) is 0 Å². The minimum Gasteiger partial charge on any atom is -0.381 e. The highest BCUT2D eigenvalue weighted by atomic mass is 16.5. The molecule has 0 aliphatic heterocycles. The Labute approximate surface area is 184 Å². The summed E-state index contributed by atoms with van der Waals surface area (Å²) in [5.74, 6) is 0.793. The molecule has 5 nitrogen and oxygen atoms in total. The zero-order chi connectivity index (χ0) is 22.4. The fraction of sp³-hybridized carbons (Fsp3) is 0.960. The van der Waals surface area contributed by atoms with Gasteiger partial charge < -0.3 is 19.1 Å². The van der Waals surface area contributed by atoms with Crippen molar-refractivity contribution in [2.24, 2.45) is 16.7 Å². The fourth-order valence-corrected chi connectivity index (χ4v) is 5.63. The standard InChI is InChI=1S/C25H45NO4/c1-18-24(17-28-11-9-10-12-29-22(2,3)4)15-25(18,16-24)21(27)26(8)19-13-20(14-19)30-23(5,6)7/h18-20H,9-17H2,1-8H3/t18-,19?,20?,24?,25?/m1/s1. The topological polar surface area (TPSA) is 48.0 Å². The van der Waals surface area contributed by atoms with E-state index in [1.165, 1.54) is 0 Å². The monoisotopic (exact) mass is 423 g/mol. The minimum atomic E-state index is -0.116. The summed E-state index contributed by atoms with van der Waals surface area (Å²) in [4.78, 5) is 15.2. The molecule has 4 aliphatic carbocycles. The molecule has 0 N–H and O–H groups in total. The van der Waals surface area contributed by atoms with E-state index < -0.39 is 0 Å². The predicted octanol–water partition coefficient (Wildman–Crippen LogP) is 4.82. The molecule has 4 aliphatic rings. The summed E-state index contributed by atoms with van der Waals surface area (Å²) in [7, 11) is 2.00. The van der Waals surface area contributed by atoms with Crippen molar-refractivity contribution in [3.63, 3.8) is 0 Å². The van der Waals surface area contributed by atoms with Crippen LogP contribution in [-0.2, 0) is 19.0 Å². The Balaban J connectivity index is 1.33. The summed E-state index contributed by atoms with van der Waals surface area (Å²) in [6.07, 6.45) is 6.32. The molecule has 0 radical (unpaired) electrons. The summed E-state index contributed by atoms with van der Waals surface area (Å²) < 4.78 is 17.8. The lowest BCUT2D eigenvalue weighted by atomic mass is 9.29. The molecule has 30 heavy (non-hydrogen) atoms. The third-order valence-electron chi connectivity index (χ3n) is 7.57. The summed E-state index contributed by atoms with van der Waals surface area (Å²) in [5, 5.41) is 0. The first-order valence-electron chi connectivity index (χ1n) is 11.9. The molecule has 0 unspecified atom stereocenters. The number of carbonyl (C=O) groups is 1. The van der Waals surface area contributed by atoms with Gasteiger partial charge in [0.05, 0.1) is 29.3 Å². The first-order chi connectivity index (χ1) is 13.8. The van der Waals surface area contributed by atoms with Crippen LogP contribution in [0, 0.1) is 16.7 Å². The van der Waals surface area contributed by atoms with E-state index in [9.17, 15) is 4.79 Å². The molecular formula is C25H45NO4. The van der Waals surface area contributed by atoms with Crippen molar-refractivity contribution in [1.82, 2.24) is 4.90 Å². The molecule has 4 saturated carbocycles. The van der Waals surface area contributed by atoms with Crippen LogP contribution in [0.15, 0.2) is 0 Å². The first-order valence-corrected chi connectivity index (χ1v) is 11.9. The van der Waals surface area contributed by atoms with Crippen molar-refractivity contribution < 1.29 is 19.0 Å². The molecule has 0 aromatic carbocycles. The molecule has 4 rings (SSSR count). The van der Waals surface area contributed by atoms with E-state index in [4.69, 9.17) is 14.2 Å². The smallest absolute Gasteiger partial charge is 0.229 e. The average molecular weight is 424 g/mol. The quantitative estimate of drug-likeness (QED) is 0.473. The van der Waals surface area contributed by atoms with Gasteiger partial charge in [0.15, 0.2) is 0 Å². The van der Waals surface area contributed by atoms with E-state index >= 15 is 0 Å². The maximum Gasteiger partial charge on any atom is 0.229 e. The highest BCUT2D eigenvalue weighted by Gasteiger charge is 2.77. The van der Waals surface area contributed by atoms with Gasteiger partial charge in [-0.05, 0) is 91.4 Å². The zero-order valence-electron chi connectivity index (χ0n) is 20.7. The SMILES string of the molecule is C[C@@H]1C2(COCCCCOC(C)(C)C)CC1(C(=O)N(C)C1CC(OC(C)(C)C)C1)C2. The molecule has 0 aromatic heterocycles. The van der Waals surface area contributed by atoms with Crippen LogP contribution in [0.4, 0.5) is 0 Å². The number of unbranched alkanes of at least 4 members (excludes halogenated alkanes) is 1. The van der Waals surface area contributed by atoms with E-state index in [1.54, 1.807) is 0 Å². The maximum absolute atomic E-state index is 13.2. The van der Waals surface area contributed by atoms with Crippen molar-refractivity contribution in [3.8, 4) is 0 Å². The molecule has 174 valence electrons. The minimum absolute atomic E-state index is 0.0594. The highest BCUT2D eigenvalue weighted by Crippen LogP contribution is 2.77. The fourth-order valence-electron chi connectivity index (χ4n) is 5.63. The summed E-state index contributed by atoms with van der Waals surface area (Å²) in [5.41, 5.74) is -0.0345. The van der Waals surface area contributed by atoms with Crippen LogP contribution in [0.2, 0.25) is 0 Å². The molecule has 1 amide bonds. The van der Waals surface area contributed by atoms with Crippen molar-refractivity contribution >= 4 is 5.91 Å². The van der Waals surface area contributed by atoms with Crippen LogP contribution in [-0.4, -0.2) is 61.0 Å². The van der Waals surface area contributed by atoms with Crippen LogP contribution in [0.25, 0.3) is 0 Å². The molecule has 5 heteroatoms. The maximum atomic E-state index is 13.2. The highest BCUT2D eigenvalue weighted by molar-refractivity contribution is 5.87. The van der Waals surface area contributed by atoms with Crippen LogP contribution in [0.1, 0.15) is 87.0 Å². The number of hydrogen-bond donors (Lipinski definition) is 0. The Kier molecular flexibility index (Phi) is 6.69. The second kappa shape index (κ2) is 8.37. The van der Waals surface area contributed by atoms with E-state index in [-0.39, 0.29) is 22.0 Å². The van der Waals surface area contributed by atoms with E-state index in [0.29, 0.717) is 24.0 Å². The van der Waals surface area contributed by atoms with Gasteiger partial charge in [-0.1, -0.05) is 6.92 Å². The Bertz CT molecular complexity index is 606. The van der Waals surface area contributed by atoms with Crippen LogP contribution in [0.3, 0.4) is 0 Å². The second-order valence-corrected chi connectivity index (χ2v) is 12.2. The van der Waals surface area contributed by atoms with Crippen LogP contribution >= 0.6 is 0 Å². The average Bonchev–Trinajstić information content (AvgIpc) is 2.55.